The molecule has 1 aromatic carbocycles. The quantitative estimate of drug-likeness (QED) is 0.302. The zero-order chi connectivity index (χ0) is 19.1. The van der Waals surface area contributed by atoms with Crippen LogP contribution in [0.15, 0.2) is 46.9 Å². The molecule has 1 heterocycles. The van der Waals surface area contributed by atoms with Crippen LogP contribution < -0.4 is 5.32 Å². The van der Waals surface area contributed by atoms with Gasteiger partial charge in [0.2, 0.25) is 0 Å². The number of thiophene rings is 1. The van der Waals surface area contributed by atoms with Gasteiger partial charge in [-0.25, -0.2) is 4.79 Å². The molecule has 0 aliphatic rings. The van der Waals surface area contributed by atoms with Gasteiger partial charge in [0, 0.05) is 0 Å². The maximum Gasteiger partial charge on any atom is 0.475 e. The Morgan fingerprint density at radius 3 is 2.65 bits per heavy atom. The number of nitrogens with zero attached hydrogens (tertiary/aromatic N) is 1. The van der Waals surface area contributed by atoms with Crippen LogP contribution in [0, 0.1) is 0 Å². The second-order valence-corrected chi connectivity index (χ2v) is 6.25. The van der Waals surface area contributed by atoms with Crippen LogP contribution in [0.5, 0.6) is 0 Å². The Bertz CT molecular complexity index is 794. The number of benzene rings is 1. The highest BCUT2D eigenvalue weighted by Gasteiger charge is 2.28. The van der Waals surface area contributed by atoms with Crippen molar-refractivity contribution in [3.63, 3.8) is 0 Å². The highest BCUT2D eigenvalue weighted by atomic mass is 32.1. The molecule has 0 fully saturated rings. The minimum absolute atomic E-state index is 0.00689. The van der Waals surface area contributed by atoms with Crippen LogP contribution in [-0.4, -0.2) is 52.9 Å². The van der Waals surface area contributed by atoms with Gasteiger partial charge in [-0.05, 0) is 35.6 Å². The molecule has 0 saturated heterocycles. The molecule has 1 unspecified atom stereocenters. The third-order valence-electron chi connectivity index (χ3n) is 3.46. The van der Waals surface area contributed by atoms with Gasteiger partial charge in [-0.15, -0.1) is 11.3 Å². The van der Waals surface area contributed by atoms with Crippen LogP contribution in [-0.2, 0) is 16.1 Å². The first-order chi connectivity index (χ1) is 12.4. The van der Waals surface area contributed by atoms with Gasteiger partial charge in [-0.1, -0.05) is 23.4 Å². The summed E-state index contributed by atoms with van der Waals surface area (Å²) in [7, 11) is -0.545. The van der Waals surface area contributed by atoms with Crippen molar-refractivity contribution in [2.75, 3.05) is 7.11 Å². The highest BCUT2D eigenvalue weighted by molar-refractivity contribution is 7.13. The molecule has 2 aromatic rings. The lowest BCUT2D eigenvalue weighted by atomic mass is 9.75. The third kappa shape index (κ3) is 5.15. The summed E-state index contributed by atoms with van der Waals surface area (Å²) in [5, 5.41) is 36.2. The Kier molecular flexibility index (Phi) is 6.90. The van der Waals surface area contributed by atoms with Crippen LogP contribution in [0.4, 0.5) is 0 Å². The van der Waals surface area contributed by atoms with E-state index in [1.807, 2.05) is 0 Å². The number of carboxylic acid groups (broad SMARTS) is 1. The minimum Gasteiger partial charge on any atom is -0.478 e. The molecule has 0 radical (unpaired) electrons. The molecule has 0 aliphatic heterocycles. The molecule has 1 aromatic heterocycles. The van der Waals surface area contributed by atoms with Crippen molar-refractivity contribution < 1.29 is 29.6 Å². The van der Waals surface area contributed by atoms with E-state index < -0.39 is 24.9 Å². The van der Waals surface area contributed by atoms with E-state index in [0.717, 1.165) is 0 Å². The number of amides is 1. The first-order valence-electron chi connectivity index (χ1n) is 7.56. The van der Waals surface area contributed by atoms with Gasteiger partial charge >= 0.3 is 13.1 Å². The number of carbonyl (C=O) groups excluding carboxylic acids is 1. The van der Waals surface area contributed by atoms with E-state index in [9.17, 15) is 19.6 Å². The van der Waals surface area contributed by atoms with Gasteiger partial charge in [0.05, 0.1) is 16.4 Å². The summed E-state index contributed by atoms with van der Waals surface area (Å²) in [4.78, 5) is 28.8. The van der Waals surface area contributed by atoms with Crippen LogP contribution in [0.25, 0.3) is 0 Å². The summed E-state index contributed by atoms with van der Waals surface area (Å²) in [6.45, 7) is 0. The number of oxime groups is 1. The zero-order valence-corrected chi connectivity index (χ0v) is 14.6. The Balaban J connectivity index is 2.17. The lowest BCUT2D eigenvalue weighted by molar-refractivity contribution is -0.115. The summed E-state index contributed by atoms with van der Waals surface area (Å²) in [6, 6.07) is 9.45. The number of hydrogen-bond acceptors (Lipinski definition) is 7. The van der Waals surface area contributed by atoms with Crippen LogP contribution >= 0.6 is 11.3 Å². The first kappa shape index (κ1) is 19.6. The molecule has 10 heteroatoms. The normalized spacial score (nSPS) is 12.3. The molecular weight excluding hydrogens is 359 g/mol. The predicted molar refractivity (Wildman–Crippen MR) is 97.1 cm³/mol. The Morgan fingerprint density at radius 2 is 2.08 bits per heavy atom. The Hall–Kier alpha value is -2.69. The average molecular weight is 376 g/mol. The number of hydrogen-bond donors (Lipinski definition) is 4. The standard InChI is InChI=1S/C16H17BN2O6S/c1-25-19-14(12-6-3-7-26-12)15(20)18-13(17(23)24)9-10-4-2-5-11(8-10)16(21)22/h2-8,13,23-24H,9H2,1H3,(H,18,20)(H,21,22)/b19-14-. The monoisotopic (exact) mass is 376 g/mol. The van der Waals surface area contributed by atoms with Crippen molar-refractivity contribution in [2.24, 2.45) is 5.16 Å². The molecule has 2 rings (SSSR count). The first-order valence-corrected chi connectivity index (χ1v) is 8.44. The topological polar surface area (TPSA) is 128 Å². The second kappa shape index (κ2) is 9.13. The second-order valence-electron chi connectivity index (χ2n) is 5.30. The van der Waals surface area contributed by atoms with Crippen LogP contribution in [0.2, 0.25) is 0 Å². The predicted octanol–water partition coefficient (Wildman–Crippen LogP) is 0.536. The molecule has 136 valence electrons. The number of nitrogens with one attached hydrogen (secondary N) is 1. The van der Waals surface area contributed by atoms with Gasteiger partial charge in [-0.2, -0.15) is 0 Å². The number of rotatable bonds is 8. The summed E-state index contributed by atoms with van der Waals surface area (Å²) in [5.74, 6) is -2.79. The highest BCUT2D eigenvalue weighted by Crippen LogP contribution is 2.12. The molecular formula is C16H17BN2O6S. The van der Waals surface area contributed by atoms with E-state index in [2.05, 4.69) is 10.5 Å². The molecule has 8 nitrogen and oxygen atoms in total. The third-order valence-corrected chi connectivity index (χ3v) is 4.33. The van der Waals surface area contributed by atoms with E-state index in [4.69, 9.17) is 9.94 Å². The lowest BCUT2D eigenvalue weighted by Crippen LogP contribution is -2.50. The number of carbonyl (C=O) groups is 2. The molecule has 0 spiro atoms. The van der Waals surface area contributed by atoms with E-state index >= 15 is 0 Å². The smallest absolute Gasteiger partial charge is 0.475 e. The van der Waals surface area contributed by atoms with E-state index in [0.29, 0.717) is 10.4 Å². The largest absolute Gasteiger partial charge is 0.478 e. The van der Waals surface area contributed by atoms with Crippen molar-refractivity contribution in [2.45, 2.75) is 12.4 Å². The number of aromatic carboxylic acids is 1. The maximum atomic E-state index is 12.5. The summed E-state index contributed by atoms with van der Waals surface area (Å²) in [5.41, 5.74) is 0.609. The fourth-order valence-corrected chi connectivity index (χ4v) is 2.96. The van der Waals surface area contributed by atoms with E-state index in [1.165, 1.54) is 30.6 Å². The van der Waals surface area contributed by atoms with Crippen molar-refractivity contribution >= 4 is 36.0 Å². The average Bonchev–Trinajstić information content (AvgIpc) is 3.13. The summed E-state index contributed by atoms with van der Waals surface area (Å²) < 4.78 is 0. The zero-order valence-electron chi connectivity index (χ0n) is 13.8. The van der Waals surface area contributed by atoms with Crippen LogP contribution in [0.1, 0.15) is 20.8 Å². The van der Waals surface area contributed by atoms with E-state index in [-0.39, 0.29) is 17.7 Å². The minimum atomic E-state index is -1.85. The molecule has 26 heavy (non-hydrogen) atoms. The fraction of sp³-hybridized carbons (Fsp3) is 0.188. The SMILES string of the molecule is CO/N=C(\C(=O)NC(Cc1cccc(C(=O)O)c1)B(O)O)c1cccs1. The molecule has 1 amide bonds. The van der Waals surface area contributed by atoms with E-state index in [1.54, 1.807) is 29.6 Å². The fourth-order valence-electron chi connectivity index (χ4n) is 2.26. The Labute approximate surface area is 153 Å². The van der Waals surface area contributed by atoms with Gasteiger partial charge in [-0.3, -0.25) is 4.79 Å². The lowest BCUT2D eigenvalue weighted by Gasteiger charge is -2.18. The molecule has 0 bridgehead atoms. The van der Waals surface area contributed by atoms with Crippen molar-refractivity contribution in [3.8, 4) is 0 Å². The number of carboxylic acids is 1. The van der Waals surface area contributed by atoms with Gasteiger partial charge < -0.3 is 25.3 Å². The van der Waals surface area contributed by atoms with Crippen molar-refractivity contribution in [1.29, 1.82) is 0 Å². The van der Waals surface area contributed by atoms with Crippen molar-refractivity contribution in [3.05, 3.63) is 57.8 Å². The molecule has 4 N–H and O–H groups in total. The van der Waals surface area contributed by atoms with Gasteiger partial charge in [0.1, 0.15) is 7.11 Å². The summed E-state index contributed by atoms with van der Waals surface area (Å²) in [6.07, 6.45) is 0.0230. The van der Waals surface area contributed by atoms with Crippen molar-refractivity contribution in [1.82, 2.24) is 5.32 Å². The van der Waals surface area contributed by atoms with Gasteiger partial charge in [0.25, 0.3) is 5.91 Å². The Morgan fingerprint density at radius 1 is 1.31 bits per heavy atom. The molecule has 0 saturated carbocycles. The molecule has 0 aliphatic carbocycles. The van der Waals surface area contributed by atoms with Crippen LogP contribution in [0.3, 0.4) is 0 Å². The maximum absolute atomic E-state index is 12.5. The molecule has 1 atom stereocenters. The summed E-state index contributed by atoms with van der Waals surface area (Å²) >= 11 is 1.28. The van der Waals surface area contributed by atoms with Gasteiger partial charge in [0.15, 0.2) is 5.71 Å².